The van der Waals surface area contributed by atoms with Crippen LogP contribution in [0, 0.1) is 0 Å². The Morgan fingerprint density at radius 3 is 2.19 bits per heavy atom. The molecule has 1 aliphatic rings. The van der Waals surface area contributed by atoms with Crippen molar-refractivity contribution in [1.82, 2.24) is 4.90 Å². The summed E-state index contributed by atoms with van der Waals surface area (Å²) in [4.78, 5) is 14.9. The number of carbonyl (C=O) groups excluding carboxylic acids is 1. The SMILES string of the molecule is O=C(Cl)N1CCN(c2ccc(Br)cc2)CC1. The van der Waals surface area contributed by atoms with Crippen LogP contribution in [0.1, 0.15) is 0 Å². The zero-order chi connectivity index (χ0) is 11.5. The lowest BCUT2D eigenvalue weighted by Gasteiger charge is -2.35. The Labute approximate surface area is 108 Å². The van der Waals surface area contributed by atoms with Gasteiger partial charge in [-0.2, -0.15) is 0 Å². The first-order valence-corrected chi connectivity index (χ1v) is 6.29. The molecule has 1 aromatic rings. The summed E-state index contributed by atoms with van der Waals surface area (Å²) in [5, 5.41) is -0.351. The number of nitrogens with zero attached hydrogens (tertiary/aromatic N) is 2. The maximum Gasteiger partial charge on any atom is 0.316 e. The van der Waals surface area contributed by atoms with E-state index in [9.17, 15) is 4.79 Å². The van der Waals surface area contributed by atoms with Crippen LogP contribution in [0.15, 0.2) is 28.7 Å². The smallest absolute Gasteiger partial charge is 0.316 e. The summed E-state index contributed by atoms with van der Waals surface area (Å²) < 4.78 is 1.07. The fraction of sp³-hybridized carbons (Fsp3) is 0.364. The van der Waals surface area contributed by atoms with Crippen LogP contribution in [0.2, 0.25) is 0 Å². The van der Waals surface area contributed by atoms with Crippen LogP contribution in [0.5, 0.6) is 0 Å². The number of amides is 1. The van der Waals surface area contributed by atoms with E-state index in [2.05, 4.69) is 33.0 Å². The quantitative estimate of drug-likeness (QED) is 0.588. The second-order valence-electron chi connectivity index (χ2n) is 3.70. The average Bonchev–Trinajstić information content (AvgIpc) is 2.30. The minimum absolute atomic E-state index is 0.351. The number of anilines is 1. The number of rotatable bonds is 1. The molecular weight excluding hydrogens is 291 g/mol. The second-order valence-corrected chi connectivity index (χ2v) is 4.94. The molecule has 16 heavy (non-hydrogen) atoms. The van der Waals surface area contributed by atoms with Crippen LogP contribution in [0.25, 0.3) is 0 Å². The van der Waals surface area contributed by atoms with E-state index in [1.54, 1.807) is 4.90 Å². The van der Waals surface area contributed by atoms with Gasteiger partial charge in [0.1, 0.15) is 0 Å². The van der Waals surface area contributed by atoms with Crippen molar-refractivity contribution in [3.8, 4) is 0 Å². The summed E-state index contributed by atoms with van der Waals surface area (Å²) >= 11 is 8.84. The molecule has 0 atom stereocenters. The molecule has 3 nitrogen and oxygen atoms in total. The van der Waals surface area contributed by atoms with Crippen LogP contribution in [-0.4, -0.2) is 36.4 Å². The van der Waals surface area contributed by atoms with E-state index in [0.717, 1.165) is 17.6 Å². The van der Waals surface area contributed by atoms with Gasteiger partial charge < -0.3 is 9.80 Å². The van der Waals surface area contributed by atoms with E-state index in [-0.39, 0.29) is 5.37 Å². The number of benzene rings is 1. The van der Waals surface area contributed by atoms with E-state index >= 15 is 0 Å². The molecule has 0 bridgehead atoms. The highest BCUT2D eigenvalue weighted by Gasteiger charge is 2.19. The molecule has 0 aliphatic carbocycles. The van der Waals surface area contributed by atoms with Crippen molar-refractivity contribution < 1.29 is 4.79 Å². The van der Waals surface area contributed by atoms with E-state index in [1.807, 2.05) is 12.1 Å². The van der Waals surface area contributed by atoms with Gasteiger partial charge in [-0.1, -0.05) is 15.9 Å². The molecule has 1 aliphatic heterocycles. The van der Waals surface area contributed by atoms with Crippen LogP contribution in [0.3, 0.4) is 0 Å². The van der Waals surface area contributed by atoms with Crippen molar-refractivity contribution in [2.75, 3.05) is 31.1 Å². The molecule has 0 unspecified atom stereocenters. The van der Waals surface area contributed by atoms with E-state index < -0.39 is 0 Å². The van der Waals surface area contributed by atoms with E-state index in [0.29, 0.717) is 13.1 Å². The van der Waals surface area contributed by atoms with Gasteiger partial charge in [-0.25, -0.2) is 0 Å². The Kier molecular flexibility index (Phi) is 3.71. The van der Waals surface area contributed by atoms with Gasteiger partial charge in [-0.05, 0) is 35.9 Å². The Balaban J connectivity index is 1.99. The van der Waals surface area contributed by atoms with Gasteiger partial charge >= 0.3 is 5.37 Å². The summed E-state index contributed by atoms with van der Waals surface area (Å²) in [7, 11) is 0. The Morgan fingerprint density at radius 1 is 1.12 bits per heavy atom. The normalized spacial score (nSPS) is 16.4. The molecule has 5 heteroatoms. The molecular formula is C11H12BrClN2O. The molecule has 0 N–H and O–H groups in total. The molecule has 1 saturated heterocycles. The minimum Gasteiger partial charge on any atom is -0.368 e. The van der Waals surface area contributed by atoms with Gasteiger partial charge in [0.15, 0.2) is 0 Å². The van der Waals surface area contributed by atoms with Crippen molar-refractivity contribution >= 4 is 38.6 Å². The second kappa shape index (κ2) is 5.06. The maximum absolute atomic E-state index is 11.0. The first-order valence-electron chi connectivity index (χ1n) is 5.12. The van der Waals surface area contributed by atoms with Gasteiger partial charge in [-0.3, -0.25) is 4.79 Å². The molecule has 0 radical (unpaired) electrons. The highest BCUT2D eigenvalue weighted by molar-refractivity contribution is 9.10. The summed E-state index contributed by atoms with van der Waals surface area (Å²) in [6.45, 7) is 3.05. The zero-order valence-electron chi connectivity index (χ0n) is 8.70. The summed E-state index contributed by atoms with van der Waals surface area (Å²) in [5.41, 5.74) is 1.19. The molecule has 0 spiro atoms. The molecule has 1 aromatic carbocycles. The van der Waals surface area contributed by atoms with Gasteiger partial charge in [0, 0.05) is 36.3 Å². The van der Waals surface area contributed by atoms with Crippen LogP contribution in [-0.2, 0) is 0 Å². The maximum atomic E-state index is 11.0. The lowest BCUT2D eigenvalue weighted by atomic mass is 10.2. The lowest BCUT2D eigenvalue weighted by Crippen LogP contribution is -2.47. The zero-order valence-corrected chi connectivity index (χ0v) is 11.0. The third-order valence-electron chi connectivity index (χ3n) is 2.72. The predicted molar refractivity (Wildman–Crippen MR) is 69.2 cm³/mol. The summed E-state index contributed by atoms with van der Waals surface area (Å²) in [6, 6.07) is 8.19. The number of hydrogen-bond donors (Lipinski definition) is 0. The van der Waals surface area contributed by atoms with Crippen LogP contribution < -0.4 is 4.90 Å². The average molecular weight is 304 g/mol. The van der Waals surface area contributed by atoms with Crippen molar-refractivity contribution in [2.45, 2.75) is 0 Å². The molecule has 1 fully saturated rings. The Morgan fingerprint density at radius 2 is 1.69 bits per heavy atom. The fourth-order valence-electron chi connectivity index (χ4n) is 1.79. The number of piperazine rings is 1. The van der Waals surface area contributed by atoms with Gasteiger partial charge in [0.25, 0.3) is 0 Å². The van der Waals surface area contributed by atoms with E-state index in [4.69, 9.17) is 11.6 Å². The van der Waals surface area contributed by atoms with Gasteiger partial charge in [0.05, 0.1) is 0 Å². The summed E-state index contributed by atoms with van der Waals surface area (Å²) in [6.07, 6.45) is 0. The molecule has 1 amide bonds. The highest BCUT2D eigenvalue weighted by atomic mass is 79.9. The van der Waals surface area contributed by atoms with Crippen molar-refractivity contribution in [2.24, 2.45) is 0 Å². The molecule has 0 saturated carbocycles. The van der Waals surface area contributed by atoms with Gasteiger partial charge in [0.2, 0.25) is 0 Å². The number of hydrogen-bond acceptors (Lipinski definition) is 2. The molecule has 86 valence electrons. The minimum atomic E-state index is -0.351. The molecule has 1 heterocycles. The van der Waals surface area contributed by atoms with Crippen molar-refractivity contribution in [3.63, 3.8) is 0 Å². The Hall–Kier alpha value is -0.740. The van der Waals surface area contributed by atoms with Crippen molar-refractivity contribution in [1.29, 1.82) is 0 Å². The van der Waals surface area contributed by atoms with E-state index in [1.165, 1.54) is 5.69 Å². The lowest BCUT2D eigenvalue weighted by molar-refractivity contribution is 0.218. The third-order valence-corrected chi connectivity index (χ3v) is 3.49. The first-order chi connectivity index (χ1) is 7.66. The summed E-state index contributed by atoms with van der Waals surface area (Å²) in [5.74, 6) is 0. The predicted octanol–water partition coefficient (Wildman–Crippen LogP) is 2.93. The topological polar surface area (TPSA) is 23.6 Å². The molecule has 2 rings (SSSR count). The standard InChI is InChI=1S/C11H12BrClN2O/c12-9-1-3-10(4-2-9)14-5-7-15(8-6-14)11(13)16/h1-4H,5-8H2. The largest absolute Gasteiger partial charge is 0.368 e. The number of halogens is 2. The monoisotopic (exact) mass is 302 g/mol. The third kappa shape index (κ3) is 2.68. The van der Waals surface area contributed by atoms with Gasteiger partial charge in [-0.15, -0.1) is 0 Å². The molecule has 0 aromatic heterocycles. The Bertz CT molecular complexity index is 374. The number of carbonyl (C=O) groups is 1. The van der Waals surface area contributed by atoms with Crippen LogP contribution in [0.4, 0.5) is 10.5 Å². The fourth-order valence-corrected chi connectivity index (χ4v) is 2.23. The van der Waals surface area contributed by atoms with Crippen molar-refractivity contribution in [3.05, 3.63) is 28.7 Å². The highest BCUT2D eigenvalue weighted by Crippen LogP contribution is 2.19. The first kappa shape index (κ1) is 11.7. The van der Waals surface area contributed by atoms with Crippen LogP contribution >= 0.6 is 27.5 Å².